The predicted octanol–water partition coefficient (Wildman–Crippen LogP) is 1.23. The maximum absolute atomic E-state index is 10.3. The van der Waals surface area contributed by atoms with Gasteiger partial charge < -0.3 is 9.62 Å². The van der Waals surface area contributed by atoms with Crippen molar-refractivity contribution in [3.63, 3.8) is 0 Å². The van der Waals surface area contributed by atoms with Crippen molar-refractivity contribution in [2.24, 2.45) is 0 Å². The molecular weight excluding hydrogens is 160 g/mol. The Kier molecular flexibility index (Phi) is 2.66. The summed E-state index contributed by atoms with van der Waals surface area (Å²) in [6.07, 6.45) is 0.664. The van der Waals surface area contributed by atoms with E-state index in [2.05, 4.69) is 4.89 Å². The van der Waals surface area contributed by atoms with E-state index in [-0.39, 0.29) is 11.5 Å². The Balaban J connectivity index is 3.10. The Hall–Kier alpha value is -1.55. The van der Waals surface area contributed by atoms with Crippen LogP contribution in [0.15, 0.2) is 18.2 Å². The van der Waals surface area contributed by atoms with Gasteiger partial charge in [0.15, 0.2) is 5.75 Å². The number of benzene rings is 1. The Morgan fingerprint density at radius 2 is 2.08 bits per heavy atom. The summed E-state index contributed by atoms with van der Waals surface area (Å²) in [6.45, 7) is 0. The molecule has 63 valence electrons. The smallest absolute Gasteiger partial charge is 0.210 e. The third-order valence-electron chi connectivity index (χ3n) is 1.41. The molecule has 0 aromatic heterocycles. The van der Waals surface area contributed by atoms with E-state index < -0.39 is 0 Å². The van der Waals surface area contributed by atoms with Crippen molar-refractivity contribution in [1.29, 1.82) is 0 Å². The number of aldehydes is 1. The summed E-state index contributed by atoms with van der Waals surface area (Å²) < 4.78 is 4.79. The van der Waals surface area contributed by atoms with Gasteiger partial charge in [0.1, 0.15) is 6.29 Å². The Morgan fingerprint density at radius 1 is 1.33 bits per heavy atom. The SMILES string of the molecule is COc1cc(C=O)ccc1O[O]. The van der Waals surface area contributed by atoms with E-state index in [0.29, 0.717) is 11.8 Å². The highest BCUT2D eigenvalue weighted by atomic mass is 17.1. The second-order valence-corrected chi connectivity index (χ2v) is 2.11. The van der Waals surface area contributed by atoms with Gasteiger partial charge in [0.2, 0.25) is 5.75 Å². The molecule has 0 saturated heterocycles. The molecule has 0 spiro atoms. The van der Waals surface area contributed by atoms with Gasteiger partial charge in [-0.05, 0) is 18.2 Å². The Bertz CT molecular complexity index is 282. The van der Waals surface area contributed by atoms with E-state index in [1.165, 1.54) is 25.3 Å². The lowest BCUT2D eigenvalue weighted by Gasteiger charge is -2.03. The number of rotatable bonds is 3. The van der Waals surface area contributed by atoms with E-state index in [1.807, 2.05) is 0 Å². The highest BCUT2D eigenvalue weighted by Crippen LogP contribution is 2.26. The zero-order valence-corrected chi connectivity index (χ0v) is 6.44. The van der Waals surface area contributed by atoms with Crippen LogP contribution in [0.2, 0.25) is 0 Å². The number of carbonyl (C=O) groups excluding carboxylic acids is 1. The topological polar surface area (TPSA) is 55.4 Å². The number of ether oxygens (including phenoxy) is 1. The van der Waals surface area contributed by atoms with E-state index in [4.69, 9.17) is 4.74 Å². The van der Waals surface area contributed by atoms with Crippen LogP contribution in [0, 0.1) is 0 Å². The van der Waals surface area contributed by atoms with Crippen LogP contribution >= 0.6 is 0 Å². The number of methoxy groups -OCH3 is 1. The normalized spacial score (nSPS) is 9.17. The van der Waals surface area contributed by atoms with Gasteiger partial charge in [0.05, 0.1) is 7.11 Å². The van der Waals surface area contributed by atoms with Crippen LogP contribution in [0.4, 0.5) is 0 Å². The quantitative estimate of drug-likeness (QED) is 0.386. The van der Waals surface area contributed by atoms with Gasteiger partial charge in [0.25, 0.3) is 0 Å². The average Bonchev–Trinajstić information content (AvgIpc) is 2.16. The molecule has 0 atom stereocenters. The number of hydrogen-bond donors (Lipinski definition) is 0. The average molecular weight is 167 g/mol. The lowest BCUT2D eigenvalue weighted by Crippen LogP contribution is -1.91. The minimum Gasteiger partial charge on any atom is -0.493 e. The first kappa shape index (κ1) is 8.55. The molecule has 1 aromatic rings. The van der Waals surface area contributed by atoms with Crippen LogP contribution in [-0.2, 0) is 5.26 Å². The van der Waals surface area contributed by atoms with Gasteiger partial charge >= 0.3 is 0 Å². The van der Waals surface area contributed by atoms with Crippen molar-refractivity contribution in [2.45, 2.75) is 0 Å². The third kappa shape index (κ3) is 1.54. The van der Waals surface area contributed by atoms with Crippen molar-refractivity contribution in [3.05, 3.63) is 23.8 Å². The molecule has 0 saturated carbocycles. The van der Waals surface area contributed by atoms with Crippen LogP contribution < -0.4 is 9.62 Å². The molecular formula is C8H7O4. The Morgan fingerprint density at radius 3 is 2.58 bits per heavy atom. The van der Waals surface area contributed by atoms with E-state index in [9.17, 15) is 10.1 Å². The summed E-state index contributed by atoms with van der Waals surface area (Å²) in [7, 11) is 1.40. The van der Waals surface area contributed by atoms with Crippen LogP contribution in [0.1, 0.15) is 10.4 Å². The van der Waals surface area contributed by atoms with Crippen molar-refractivity contribution < 1.29 is 19.7 Å². The van der Waals surface area contributed by atoms with Crippen LogP contribution in [-0.4, -0.2) is 13.4 Å². The fourth-order valence-electron chi connectivity index (χ4n) is 0.826. The highest BCUT2D eigenvalue weighted by Gasteiger charge is 2.04. The van der Waals surface area contributed by atoms with Crippen molar-refractivity contribution in [3.8, 4) is 11.5 Å². The fourth-order valence-corrected chi connectivity index (χ4v) is 0.826. The molecule has 0 heterocycles. The first-order valence-corrected chi connectivity index (χ1v) is 3.25. The summed E-state index contributed by atoms with van der Waals surface area (Å²) in [5.74, 6) is 0.331. The van der Waals surface area contributed by atoms with Crippen LogP contribution in [0.3, 0.4) is 0 Å². The van der Waals surface area contributed by atoms with Crippen molar-refractivity contribution >= 4 is 6.29 Å². The molecule has 12 heavy (non-hydrogen) atoms. The molecule has 4 heteroatoms. The van der Waals surface area contributed by atoms with Gasteiger partial charge in [-0.2, -0.15) is 0 Å². The minimum absolute atomic E-state index is 0.0723. The molecule has 0 amide bonds. The van der Waals surface area contributed by atoms with Gasteiger partial charge in [0, 0.05) is 10.8 Å². The molecule has 0 bridgehead atoms. The van der Waals surface area contributed by atoms with Crippen molar-refractivity contribution in [2.75, 3.05) is 7.11 Å². The van der Waals surface area contributed by atoms with Crippen LogP contribution in [0.25, 0.3) is 0 Å². The van der Waals surface area contributed by atoms with Gasteiger partial charge in [-0.3, -0.25) is 4.79 Å². The minimum atomic E-state index is 0.0723. The predicted molar refractivity (Wildman–Crippen MR) is 39.7 cm³/mol. The molecule has 0 aliphatic carbocycles. The standard InChI is InChI=1S/C8H7O4/c1-11-8-4-6(5-9)2-3-7(8)12-10/h2-5H,1H3. The zero-order valence-electron chi connectivity index (χ0n) is 6.44. The molecule has 1 rings (SSSR count). The summed E-state index contributed by atoms with van der Waals surface area (Å²) in [6, 6.07) is 4.29. The first-order chi connectivity index (χ1) is 5.81. The molecule has 1 aromatic carbocycles. The van der Waals surface area contributed by atoms with E-state index in [1.54, 1.807) is 0 Å². The first-order valence-electron chi connectivity index (χ1n) is 3.25. The molecule has 0 N–H and O–H groups in total. The summed E-state index contributed by atoms with van der Waals surface area (Å²) >= 11 is 0. The number of hydrogen-bond acceptors (Lipinski definition) is 3. The van der Waals surface area contributed by atoms with E-state index in [0.717, 1.165) is 0 Å². The largest absolute Gasteiger partial charge is 0.493 e. The molecule has 0 fully saturated rings. The van der Waals surface area contributed by atoms with Gasteiger partial charge in [-0.1, -0.05) is 0 Å². The second kappa shape index (κ2) is 3.73. The van der Waals surface area contributed by atoms with Gasteiger partial charge in [-0.15, -0.1) is 0 Å². The third-order valence-corrected chi connectivity index (χ3v) is 1.41. The molecule has 0 unspecified atom stereocenters. The lowest BCUT2D eigenvalue weighted by molar-refractivity contribution is -0.209. The highest BCUT2D eigenvalue weighted by molar-refractivity contribution is 5.76. The van der Waals surface area contributed by atoms with Crippen LogP contribution in [0.5, 0.6) is 11.5 Å². The zero-order chi connectivity index (χ0) is 8.97. The summed E-state index contributed by atoms with van der Waals surface area (Å²) in [5, 5.41) is 10.0. The summed E-state index contributed by atoms with van der Waals surface area (Å²) in [5.41, 5.74) is 0.438. The monoisotopic (exact) mass is 167 g/mol. The maximum atomic E-state index is 10.3. The molecule has 0 aliphatic rings. The molecule has 4 nitrogen and oxygen atoms in total. The number of carbonyl (C=O) groups is 1. The summed E-state index contributed by atoms with van der Waals surface area (Å²) in [4.78, 5) is 14.0. The lowest BCUT2D eigenvalue weighted by atomic mass is 10.2. The fraction of sp³-hybridized carbons (Fsp3) is 0.125. The maximum Gasteiger partial charge on any atom is 0.210 e. The van der Waals surface area contributed by atoms with Crippen molar-refractivity contribution in [1.82, 2.24) is 0 Å². The second-order valence-electron chi connectivity index (χ2n) is 2.11. The molecule has 1 radical (unpaired) electrons. The Labute approximate surface area is 69.3 Å². The van der Waals surface area contributed by atoms with Gasteiger partial charge in [-0.25, -0.2) is 0 Å². The molecule has 0 aliphatic heterocycles. The van der Waals surface area contributed by atoms with E-state index >= 15 is 0 Å².